The average Bonchev–Trinajstić information content (AvgIpc) is 3.01. The Labute approximate surface area is 157 Å². The number of aromatic nitrogens is 3. The molecule has 0 radical (unpaired) electrons. The lowest BCUT2D eigenvalue weighted by molar-refractivity contribution is 0.363. The normalized spacial score (nSPS) is 18.5. The van der Waals surface area contributed by atoms with Crippen LogP contribution in [0.4, 0.5) is 5.82 Å². The third-order valence-corrected chi connectivity index (χ3v) is 5.33. The molecule has 2 aromatic rings. The third-order valence-electron chi connectivity index (χ3n) is 4.87. The van der Waals surface area contributed by atoms with Gasteiger partial charge < -0.3 is 15.4 Å². The lowest BCUT2D eigenvalue weighted by Crippen LogP contribution is -2.48. The molecule has 1 fully saturated rings. The van der Waals surface area contributed by atoms with Crippen LogP contribution in [0.15, 0.2) is 23.5 Å². The Morgan fingerprint density at radius 2 is 2.04 bits per heavy atom. The summed E-state index contributed by atoms with van der Waals surface area (Å²) in [7, 11) is 0. The van der Waals surface area contributed by atoms with E-state index in [9.17, 15) is 0 Å². The van der Waals surface area contributed by atoms with Gasteiger partial charge in [0, 0.05) is 30.9 Å². The molecule has 2 N–H and O–H groups in total. The van der Waals surface area contributed by atoms with Crippen LogP contribution in [0.25, 0.3) is 0 Å². The van der Waals surface area contributed by atoms with Crippen LogP contribution in [0.5, 0.6) is 5.75 Å². The summed E-state index contributed by atoms with van der Waals surface area (Å²) in [6.45, 7) is 6.15. The van der Waals surface area contributed by atoms with E-state index in [0.717, 1.165) is 37.4 Å². The standard InChI is InChI=1S/C18H21ClN6O/c1-11-15(19)13(3-6-21-11)26-17-16-12(9-23-17)24-14(10-22-16)25-7-4-18(2,20)5-8-25/h3,6,10H,4-5,7-9,20H2,1-2H3. The van der Waals surface area contributed by atoms with E-state index in [0.29, 0.717) is 34.6 Å². The van der Waals surface area contributed by atoms with Crippen molar-refractivity contribution in [3.8, 4) is 5.75 Å². The Hall–Kier alpha value is -2.25. The van der Waals surface area contributed by atoms with Crippen molar-refractivity contribution in [2.45, 2.75) is 38.8 Å². The van der Waals surface area contributed by atoms with E-state index in [1.54, 1.807) is 18.5 Å². The van der Waals surface area contributed by atoms with Crippen LogP contribution in [-0.4, -0.2) is 39.5 Å². The molecule has 7 nitrogen and oxygen atoms in total. The van der Waals surface area contributed by atoms with Crippen LogP contribution in [0.3, 0.4) is 0 Å². The van der Waals surface area contributed by atoms with Gasteiger partial charge in [0.1, 0.15) is 16.5 Å². The number of piperidine rings is 1. The molecule has 0 bridgehead atoms. The second-order valence-electron chi connectivity index (χ2n) is 7.10. The fourth-order valence-corrected chi connectivity index (χ4v) is 3.27. The average molecular weight is 373 g/mol. The number of anilines is 1. The first-order valence-electron chi connectivity index (χ1n) is 8.66. The van der Waals surface area contributed by atoms with E-state index >= 15 is 0 Å². The van der Waals surface area contributed by atoms with E-state index in [4.69, 9.17) is 27.1 Å². The molecule has 4 heterocycles. The molecule has 0 aliphatic carbocycles. The van der Waals surface area contributed by atoms with Gasteiger partial charge in [-0.3, -0.25) is 4.98 Å². The molecule has 2 aliphatic heterocycles. The second kappa shape index (κ2) is 6.48. The molecule has 26 heavy (non-hydrogen) atoms. The Kier molecular flexibility index (Phi) is 4.28. The molecule has 136 valence electrons. The van der Waals surface area contributed by atoms with Crippen LogP contribution in [0.2, 0.25) is 5.02 Å². The summed E-state index contributed by atoms with van der Waals surface area (Å²) in [5, 5.41) is 0.478. The molecule has 0 saturated carbocycles. The van der Waals surface area contributed by atoms with Gasteiger partial charge in [-0.2, -0.15) is 0 Å². The van der Waals surface area contributed by atoms with E-state index in [1.165, 1.54) is 0 Å². The van der Waals surface area contributed by atoms with E-state index in [-0.39, 0.29) is 5.54 Å². The van der Waals surface area contributed by atoms with Crippen LogP contribution < -0.4 is 15.4 Å². The summed E-state index contributed by atoms with van der Waals surface area (Å²) >= 11 is 6.25. The zero-order chi connectivity index (χ0) is 18.3. The Morgan fingerprint density at radius 3 is 2.81 bits per heavy atom. The van der Waals surface area contributed by atoms with Crippen LogP contribution in [-0.2, 0) is 6.54 Å². The summed E-state index contributed by atoms with van der Waals surface area (Å²) in [6, 6.07) is 1.72. The molecular weight excluding hydrogens is 352 g/mol. The maximum atomic E-state index is 6.25. The zero-order valence-electron chi connectivity index (χ0n) is 14.9. The zero-order valence-corrected chi connectivity index (χ0v) is 15.6. The molecule has 0 unspecified atom stereocenters. The molecule has 0 atom stereocenters. The van der Waals surface area contributed by atoms with Crippen molar-refractivity contribution in [1.29, 1.82) is 0 Å². The fourth-order valence-electron chi connectivity index (χ4n) is 3.11. The number of rotatable bonds is 2. The SMILES string of the molecule is Cc1nccc(OC2=NCc3nc(N4CCC(C)(N)CC4)cnc32)c1Cl. The highest BCUT2D eigenvalue weighted by Crippen LogP contribution is 2.29. The first-order chi connectivity index (χ1) is 12.4. The number of aryl methyl sites for hydroxylation is 1. The van der Waals surface area contributed by atoms with Gasteiger partial charge in [0.2, 0.25) is 5.90 Å². The largest absolute Gasteiger partial charge is 0.435 e. The van der Waals surface area contributed by atoms with Gasteiger partial charge in [0.05, 0.1) is 24.1 Å². The molecule has 2 aliphatic rings. The predicted octanol–water partition coefficient (Wildman–Crippen LogP) is 2.49. The molecule has 0 amide bonds. The van der Waals surface area contributed by atoms with Crippen molar-refractivity contribution in [2.24, 2.45) is 10.7 Å². The topological polar surface area (TPSA) is 89.5 Å². The van der Waals surface area contributed by atoms with Crippen LogP contribution in [0, 0.1) is 6.92 Å². The van der Waals surface area contributed by atoms with Crippen molar-refractivity contribution in [1.82, 2.24) is 15.0 Å². The summed E-state index contributed by atoms with van der Waals surface area (Å²) in [4.78, 5) is 20.1. The summed E-state index contributed by atoms with van der Waals surface area (Å²) in [6.07, 6.45) is 5.32. The Bertz CT molecular complexity index is 872. The van der Waals surface area contributed by atoms with Crippen molar-refractivity contribution in [2.75, 3.05) is 18.0 Å². The van der Waals surface area contributed by atoms with Crippen LogP contribution in [0.1, 0.15) is 36.8 Å². The summed E-state index contributed by atoms with van der Waals surface area (Å²) in [5.74, 6) is 1.84. The Morgan fingerprint density at radius 1 is 1.27 bits per heavy atom. The van der Waals surface area contributed by atoms with E-state index in [2.05, 4.69) is 26.8 Å². The second-order valence-corrected chi connectivity index (χ2v) is 7.47. The third kappa shape index (κ3) is 3.24. The highest BCUT2D eigenvalue weighted by molar-refractivity contribution is 6.32. The molecule has 4 rings (SSSR count). The number of hydrogen-bond acceptors (Lipinski definition) is 7. The molecule has 2 aromatic heterocycles. The number of ether oxygens (including phenoxy) is 1. The number of pyridine rings is 1. The molecule has 0 spiro atoms. The van der Waals surface area contributed by atoms with Crippen molar-refractivity contribution >= 4 is 23.3 Å². The molecular formula is C18H21ClN6O. The number of aliphatic imine (C=N–C) groups is 1. The van der Waals surface area contributed by atoms with Gasteiger partial charge in [-0.25, -0.2) is 15.0 Å². The minimum Gasteiger partial charge on any atom is -0.435 e. The van der Waals surface area contributed by atoms with Crippen molar-refractivity contribution < 1.29 is 4.74 Å². The van der Waals surface area contributed by atoms with Crippen LogP contribution >= 0.6 is 11.6 Å². The maximum Gasteiger partial charge on any atom is 0.243 e. The number of nitrogens with two attached hydrogens (primary N) is 1. The van der Waals surface area contributed by atoms with Gasteiger partial charge in [-0.15, -0.1) is 0 Å². The lowest BCUT2D eigenvalue weighted by Gasteiger charge is -2.37. The van der Waals surface area contributed by atoms with E-state index in [1.807, 2.05) is 6.92 Å². The van der Waals surface area contributed by atoms with Gasteiger partial charge >= 0.3 is 0 Å². The van der Waals surface area contributed by atoms with Crippen molar-refractivity contribution in [3.05, 3.63) is 40.6 Å². The maximum absolute atomic E-state index is 6.25. The fraction of sp³-hybridized carbons (Fsp3) is 0.444. The highest BCUT2D eigenvalue weighted by Gasteiger charge is 2.28. The summed E-state index contributed by atoms with van der Waals surface area (Å²) in [5.41, 5.74) is 8.32. The minimum absolute atomic E-state index is 0.0906. The molecule has 8 heteroatoms. The number of halogens is 1. The predicted molar refractivity (Wildman–Crippen MR) is 101 cm³/mol. The molecule has 1 saturated heterocycles. The lowest BCUT2D eigenvalue weighted by atomic mass is 9.91. The van der Waals surface area contributed by atoms with E-state index < -0.39 is 0 Å². The Balaban J connectivity index is 1.52. The number of nitrogens with zero attached hydrogens (tertiary/aromatic N) is 5. The number of fused-ring (bicyclic) bond motifs is 1. The highest BCUT2D eigenvalue weighted by atomic mass is 35.5. The first kappa shape index (κ1) is 17.2. The minimum atomic E-state index is -0.0906. The van der Waals surface area contributed by atoms with Gasteiger partial charge in [0.15, 0.2) is 5.75 Å². The monoisotopic (exact) mass is 372 g/mol. The number of hydrogen-bond donors (Lipinski definition) is 1. The van der Waals surface area contributed by atoms with Gasteiger partial charge in [-0.05, 0) is 26.7 Å². The summed E-state index contributed by atoms with van der Waals surface area (Å²) < 4.78 is 5.87. The van der Waals surface area contributed by atoms with Gasteiger partial charge in [-0.1, -0.05) is 11.6 Å². The molecule has 0 aromatic carbocycles. The van der Waals surface area contributed by atoms with Crippen molar-refractivity contribution in [3.63, 3.8) is 0 Å². The first-order valence-corrected chi connectivity index (χ1v) is 9.04. The van der Waals surface area contributed by atoms with Gasteiger partial charge in [0.25, 0.3) is 0 Å². The smallest absolute Gasteiger partial charge is 0.243 e. The quantitative estimate of drug-likeness (QED) is 0.871.